The first kappa shape index (κ1) is 18.9. The van der Waals surface area contributed by atoms with Gasteiger partial charge in [0.15, 0.2) is 11.6 Å². The molecule has 1 rings (SSSR count). The van der Waals surface area contributed by atoms with E-state index in [1.807, 2.05) is 0 Å². The number of carbonyl (C=O) groups is 2. The number of rotatable bonds is 2. The summed E-state index contributed by atoms with van der Waals surface area (Å²) in [5.74, 6) is -0.461. The van der Waals surface area contributed by atoms with Gasteiger partial charge >= 0.3 is 11.9 Å². The molecule has 0 radical (unpaired) electrons. The lowest BCUT2D eigenvalue weighted by atomic mass is 9.95. The lowest BCUT2D eigenvalue weighted by Crippen LogP contribution is -3.00. The van der Waals surface area contributed by atoms with Crippen LogP contribution in [0, 0.1) is 0 Å². The van der Waals surface area contributed by atoms with Crippen molar-refractivity contribution in [3.05, 3.63) is 11.1 Å². The third-order valence-electron chi connectivity index (χ3n) is 3.20. The molecule has 0 saturated carbocycles. The zero-order chi connectivity index (χ0) is 15.6. The van der Waals surface area contributed by atoms with Crippen LogP contribution >= 0.6 is 0 Å². The summed E-state index contributed by atoms with van der Waals surface area (Å²) in [7, 11) is 4.81. The van der Waals surface area contributed by atoms with Crippen LogP contribution in [0.25, 0.3) is 0 Å². The fraction of sp³-hybridized carbons (Fsp3) is 0.500. The second-order valence-corrected chi connectivity index (χ2v) is 4.78. The van der Waals surface area contributed by atoms with Gasteiger partial charge in [-0.1, -0.05) is 0 Å². The number of hydrazone groups is 1. The fourth-order valence-electron chi connectivity index (χ4n) is 1.92. The van der Waals surface area contributed by atoms with Crippen LogP contribution < -0.4 is 23.6 Å². The lowest BCUT2D eigenvalue weighted by Gasteiger charge is -2.22. The predicted octanol–water partition coefficient (Wildman–Crippen LogP) is -3.58. The highest BCUT2D eigenvalue weighted by atomic mass is 35.5. The van der Waals surface area contributed by atoms with Gasteiger partial charge in [-0.2, -0.15) is 9.68 Å². The van der Waals surface area contributed by atoms with Gasteiger partial charge in [0, 0.05) is 26.6 Å². The molecule has 9 heteroatoms. The van der Waals surface area contributed by atoms with E-state index < -0.39 is 6.03 Å². The zero-order valence-electron chi connectivity index (χ0n) is 12.6. The van der Waals surface area contributed by atoms with Crippen molar-refractivity contribution < 1.29 is 31.7 Å². The average molecular weight is 318 g/mol. The molecule has 1 atom stereocenters. The summed E-state index contributed by atoms with van der Waals surface area (Å²) in [5.41, 5.74) is 8.26. The van der Waals surface area contributed by atoms with Crippen LogP contribution in [0.5, 0.6) is 0 Å². The number of amides is 3. The van der Waals surface area contributed by atoms with Crippen molar-refractivity contribution in [1.82, 2.24) is 10.3 Å². The number of nitrogens with one attached hydrogen (secondary N) is 1. The monoisotopic (exact) mass is 317 g/mol. The maximum absolute atomic E-state index is 12.1. The maximum atomic E-state index is 12.1. The van der Waals surface area contributed by atoms with Crippen LogP contribution in [0.4, 0.5) is 4.79 Å². The topological polar surface area (TPSA) is 111 Å². The molecule has 118 valence electrons. The number of halogens is 1. The summed E-state index contributed by atoms with van der Waals surface area (Å²) in [4.78, 5) is 24.3. The summed E-state index contributed by atoms with van der Waals surface area (Å²) in [6.45, 7) is 3.45. The SMILES string of the molecule is CC1=C(C(=O)N(C)C)C(O)=[N+](C)C(C)C1=NNC(N)=O.[Cl-]. The van der Waals surface area contributed by atoms with Crippen molar-refractivity contribution in [2.45, 2.75) is 19.9 Å². The first-order valence-corrected chi connectivity index (χ1v) is 6.03. The second-order valence-electron chi connectivity index (χ2n) is 4.78. The zero-order valence-corrected chi connectivity index (χ0v) is 13.4. The van der Waals surface area contributed by atoms with E-state index >= 15 is 0 Å². The van der Waals surface area contributed by atoms with Gasteiger partial charge in [0.05, 0.1) is 0 Å². The molecule has 4 N–H and O–H groups in total. The van der Waals surface area contributed by atoms with E-state index in [4.69, 9.17) is 5.73 Å². The van der Waals surface area contributed by atoms with Gasteiger partial charge in [-0.15, -0.1) is 0 Å². The molecule has 0 fully saturated rings. The fourth-order valence-corrected chi connectivity index (χ4v) is 1.92. The van der Waals surface area contributed by atoms with Crippen LogP contribution in [0.1, 0.15) is 13.8 Å². The van der Waals surface area contributed by atoms with Crippen LogP contribution in [0.2, 0.25) is 0 Å². The maximum Gasteiger partial charge on any atom is 0.373 e. The Labute approximate surface area is 129 Å². The second kappa shape index (κ2) is 7.07. The number of aliphatic hydroxyl groups excluding tert-OH is 1. The van der Waals surface area contributed by atoms with E-state index in [0.29, 0.717) is 11.3 Å². The van der Waals surface area contributed by atoms with Crippen molar-refractivity contribution in [3.8, 4) is 0 Å². The number of hydrogen-bond donors (Lipinski definition) is 3. The van der Waals surface area contributed by atoms with Gasteiger partial charge in [-0.25, -0.2) is 10.2 Å². The third-order valence-corrected chi connectivity index (χ3v) is 3.20. The van der Waals surface area contributed by atoms with Crippen molar-refractivity contribution in [3.63, 3.8) is 0 Å². The Hall–Kier alpha value is -2.09. The number of nitrogens with zero attached hydrogens (tertiary/aromatic N) is 3. The first-order chi connectivity index (χ1) is 9.18. The molecule has 0 saturated heterocycles. The molecular formula is C12H20ClN5O3. The van der Waals surface area contributed by atoms with Gasteiger partial charge in [0.2, 0.25) is 0 Å². The predicted molar refractivity (Wildman–Crippen MR) is 74.8 cm³/mol. The molecule has 21 heavy (non-hydrogen) atoms. The Morgan fingerprint density at radius 2 is 1.95 bits per heavy atom. The van der Waals surface area contributed by atoms with Crippen molar-refractivity contribution in [1.29, 1.82) is 0 Å². The number of likely N-dealkylation sites (N-methyl/N-ethyl adjacent to an activating group) is 1. The van der Waals surface area contributed by atoms with E-state index in [1.54, 1.807) is 35.0 Å². The summed E-state index contributed by atoms with van der Waals surface area (Å²) < 4.78 is 1.51. The Morgan fingerprint density at radius 3 is 2.38 bits per heavy atom. The van der Waals surface area contributed by atoms with Crippen molar-refractivity contribution in [2.75, 3.05) is 21.1 Å². The standard InChI is InChI=1S/C12H19N5O3.ClH/c1-6-8(10(18)16(3)4)11(19)17(5)7(2)9(6)14-15-12(13)20;/h7H,1-5H3,(H3,13,15,18,19,20);1H. The number of primary amides is 1. The molecule has 0 aliphatic carbocycles. The molecule has 1 heterocycles. The number of nitrogens with two attached hydrogens (primary N) is 1. The quantitative estimate of drug-likeness (QED) is 0.362. The van der Waals surface area contributed by atoms with Gasteiger partial charge in [-0.05, 0) is 6.92 Å². The smallest absolute Gasteiger partial charge is 0.373 e. The minimum absolute atomic E-state index is 0. The van der Waals surface area contributed by atoms with Crippen molar-refractivity contribution >= 4 is 23.5 Å². The Balaban J connectivity index is 0.00000400. The van der Waals surface area contributed by atoms with Gasteiger partial charge in [0.1, 0.15) is 12.8 Å². The molecule has 0 bridgehead atoms. The molecule has 1 unspecified atom stereocenters. The molecule has 8 nitrogen and oxygen atoms in total. The summed E-state index contributed by atoms with van der Waals surface area (Å²) in [6.07, 6.45) is 0. The van der Waals surface area contributed by atoms with E-state index in [1.165, 1.54) is 9.48 Å². The van der Waals surface area contributed by atoms with E-state index in [-0.39, 0.29) is 35.8 Å². The highest BCUT2D eigenvalue weighted by molar-refractivity contribution is 6.24. The van der Waals surface area contributed by atoms with Crippen LogP contribution in [-0.4, -0.2) is 65.3 Å². The number of hydrogen-bond acceptors (Lipinski definition) is 3. The van der Waals surface area contributed by atoms with Crippen LogP contribution in [0.3, 0.4) is 0 Å². The van der Waals surface area contributed by atoms with Gasteiger partial charge < -0.3 is 28.1 Å². The highest BCUT2D eigenvalue weighted by Gasteiger charge is 2.38. The minimum atomic E-state index is -0.792. The van der Waals surface area contributed by atoms with Crippen molar-refractivity contribution in [2.24, 2.45) is 10.8 Å². The lowest BCUT2D eigenvalue weighted by molar-refractivity contribution is -0.523. The average Bonchev–Trinajstić information content (AvgIpc) is 2.35. The molecule has 0 aromatic rings. The molecule has 1 aliphatic heterocycles. The molecule has 0 spiro atoms. The van der Waals surface area contributed by atoms with E-state index in [2.05, 4.69) is 10.5 Å². The summed E-state index contributed by atoms with van der Waals surface area (Å²) in [5, 5.41) is 14.1. The Bertz CT molecular complexity index is 551. The molecular weight excluding hydrogens is 298 g/mol. The molecule has 3 amide bonds. The third kappa shape index (κ3) is 3.72. The number of urea groups is 1. The van der Waals surface area contributed by atoms with Gasteiger partial charge in [-0.3, -0.25) is 4.79 Å². The van der Waals surface area contributed by atoms with Gasteiger partial charge in [0.25, 0.3) is 5.91 Å². The van der Waals surface area contributed by atoms with E-state index in [9.17, 15) is 14.7 Å². The first-order valence-electron chi connectivity index (χ1n) is 6.03. The Morgan fingerprint density at radius 1 is 1.43 bits per heavy atom. The summed E-state index contributed by atoms with van der Waals surface area (Å²) >= 11 is 0. The molecule has 1 aliphatic rings. The van der Waals surface area contributed by atoms with E-state index in [0.717, 1.165) is 0 Å². The van der Waals surface area contributed by atoms with Crippen LogP contribution in [0.15, 0.2) is 16.2 Å². The highest BCUT2D eigenvalue weighted by Crippen LogP contribution is 2.18. The molecule has 0 aromatic heterocycles. The number of aliphatic hydroxyl groups is 1. The summed E-state index contributed by atoms with van der Waals surface area (Å²) in [6, 6.07) is -1.10. The largest absolute Gasteiger partial charge is 1.00 e. The minimum Gasteiger partial charge on any atom is -1.00 e. The number of carbonyl (C=O) groups excluding carboxylic acids is 2. The Kier molecular flexibility index (Phi) is 6.37. The normalized spacial score (nSPS) is 20.2. The van der Waals surface area contributed by atoms with Crippen LogP contribution in [-0.2, 0) is 4.79 Å². The molecule has 0 aromatic carbocycles.